The molecule has 0 amide bonds. The number of sulfonamides is 1. The fourth-order valence-corrected chi connectivity index (χ4v) is 3.64. The first-order valence-electron chi connectivity index (χ1n) is 8.68. The maximum atomic E-state index is 12.7. The molecule has 26 heavy (non-hydrogen) atoms. The lowest BCUT2D eigenvalue weighted by Gasteiger charge is -2.11. The lowest BCUT2D eigenvalue weighted by molar-refractivity contribution is 0.0971. The van der Waals surface area contributed by atoms with E-state index < -0.39 is 10.0 Å². The fraction of sp³-hybridized carbons (Fsp3) is 0.556. The number of carbonyl (C=O) groups excluding carboxylic acids is 1. The summed E-state index contributed by atoms with van der Waals surface area (Å²) >= 11 is 0. The predicted molar refractivity (Wildman–Crippen MR) is 101 cm³/mol. The van der Waals surface area contributed by atoms with Gasteiger partial charge in [0.2, 0.25) is 0 Å². The third-order valence-electron chi connectivity index (χ3n) is 4.48. The summed E-state index contributed by atoms with van der Waals surface area (Å²) in [5.74, 6) is 0.540. The van der Waals surface area contributed by atoms with Crippen LogP contribution in [0, 0.1) is 19.8 Å². The zero-order chi connectivity index (χ0) is 19.6. The Kier molecular flexibility index (Phi) is 6.08. The number of aryl methyl sites for hydroxylation is 1. The molecular weight excluding hydrogens is 352 g/mol. The van der Waals surface area contributed by atoms with Crippen LogP contribution in [0.4, 0.5) is 0 Å². The maximum absolute atomic E-state index is 12.7. The first-order valence-corrected chi connectivity index (χ1v) is 10.1. The Morgan fingerprint density at radius 2 is 1.92 bits per heavy atom. The van der Waals surface area contributed by atoms with E-state index in [9.17, 15) is 13.2 Å². The molecular formula is C18H28N4O3S. The average Bonchev–Trinajstić information content (AvgIpc) is 3.11. The van der Waals surface area contributed by atoms with Gasteiger partial charge in [0.1, 0.15) is 0 Å². The zero-order valence-corrected chi connectivity index (χ0v) is 17.2. The van der Waals surface area contributed by atoms with Crippen LogP contribution in [0.5, 0.6) is 0 Å². The van der Waals surface area contributed by atoms with Crippen LogP contribution in [0.1, 0.15) is 42.0 Å². The molecule has 2 heterocycles. The highest BCUT2D eigenvalue weighted by atomic mass is 32.2. The fourth-order valence-electron chi connectivity index (χ4n) is 2.81. The van der Waals surface area contributed by atoms with E-state index in [1.165, 1.54) is 31.2 Å². The second kappa shape index (κ2) is 7.75. The molecule has 0 saturated carbocycles. The number of imidazole rings is 1. The van der Waals surface area contributed by atoms with Crippen molar-refractivity contribution in [2.45, 2.75) is 52.2 Å². The van der Waals surface area contributed by atoms with Gasteiger partial charge in [-0.15, -0.1) is 0 Å². The first kappa shape index (κ1) is 20.4. The molecule has 0 fully saturated rings. The molecule has 8 heteroatoms. The van der Waals surface area contributed by atoms with Gasteiger partial charge in [-0.2, -0.15) is 0 Å². The molecule has 2 aromatic heterocycles. The van der Waals surface area contributed by atoms with Crippen molar-refractivity contribution in [2.75, 3.05) is 14.1 Å². The van der Waals surface area contributed by atoms with Crippen LogP contribution >= 0.6 is 0 Å². The highest BCUT2D eigenvalue weighted by Crippen LogP contribution is 2.19. The second-order valence-electron chi connectivity index (χ2n) is 7.21. The molecule has 0 aliphatic carbocycles. The summed E-state index contributed by atoms with van der Waals surface area (Å²) in [6, 6.07) is 1.91. The van der Waals surface area contributed by atoms with Gasteiger partial charge in [0.05, 0.1) is 12.9 Å². The molecule has 0 spiro atoms. The van der Waals surface area contributed by atoms with Gasteiger partial charge >= 0.3 is 0 Å². The first-order chi connectivity index (χ1) is 12.0. The molecule has 0 radical (unpaired) electrons. The quantitative estimate of drug-likeness (QED) is 0.659. The summed E-state index contributed by atoms with van der Waals surface area (Å²) in [6.07, 6.45) is 3.83. The number of ketones is 1. The SMILES string of the molecule is Cc1cc(C(=O)Cn2cnc(S(=O)(=O)N(C)C)c2)c(C)n1CCC(C)C. The van der Waals surface area contributed by atoms with Crippen LogP contribution in [0.15, 0.2) is 23.6 Å². The Balaban J connectivity index is 2.19. The van der Waals surface area contributed by atoms with Gasteiger partial charge < -0.3 is 9.13 Å². The number of carbonyl (C=O) groups is 1. The van der Waals surface area contributed by atoms with Crippen molar-refractivity contribution in [1.29, 1.82) is 0 Å². The minimum absolute atomic E-state index is 0.0555. The van der Waals surface area contributed by atoms with E-state index in [4.69, 9.17) is 0 Å². The van der Waals surface area contributed by atoms with E-state index in [1.807, 2.05) is 19.9 Å². The van der Waals surface area contributed by atoms with Gasteiger partial charge in [-0.3, -0.25) is 4.79 Å². The van der Waals surface area contributed by atoms with Crippen molar-refractivity contribution >= 4 is 15.8 Å². The molecule has 2 rings (SSSR count). The lowest BCUT2D eigenvalue weighted by Crippen LogP contribution is -2.22. The van der Waals surface area contributed by atoms with Crippen molar-refractivity contribution in [2.24, 2.45) is 5.92 Å². The van der Waals surface area contributed by atoms with E-state index >= 15 is 0 Å². The summed E-state index contributed by atoms with van der Waals surface area (Å²) in [7, 11) is -0.697. The summed E-state index contributed by atoms with van der Waals surface area (Å²) in [5.41, 5.74) is 2.69. The average molecular weight is 381 g/mol. The minimum atomic E-state index is -3.60. The van der Waals surface area contributed by atoms with E-state index in [2.05, 4.69) is 23.4 Å². The molecule has 0 N–H and O–H groups in total. The van der Waals surface area contributed by atoms with Crippen molar-refractivity contribution in [3.63, 3.8) is 0 Å². The molecule has 7 nitrogen and oxygen atoms in total. The van der Waals surface area contributed by atoms with E-state index in [0.717, 1.165) is 28.7 Å². The summed E-state index contributed by atoms with van der Waals surface area (Å²) in [5, 5.41) is -0.0577. The van der Waals surface area contributed by atoms with Gasteiger partial charge in [-0.05, 0) is 32.3 Å². The largest absolute Gasteiger partial charge is 0.348 e. The van der Waals surface area contributed by atoms with Crippen LogP contribution in [0.2, 0.25) is 0 Å². The number of nitrogens with zero attached hydrogens (tertiary/aromatic N) is 4. The monoisotopic (exact) mass is 380 g/mol. The van der Waals surface area contributed by atoms with E-state index in [-0.39, 0.29) is 17.4 Å². The minimum Gasteiger partial charge on any atom is -0.348 e. The van der Waals surface area contributed by atoms with Crippen molar-refractivity contribution in [3.05, 3.63) is 35.5 Å². The molecule has 0 aliphatic heterocycles. The highest BCUT2D eigenvalue weighted by molar-refractivity contribution is 7.89. The number of Topliss-reactive ketones (excluding diaryl/α,β-unsaturated/α-hetero) is 1. The normalized spacial score (nSPS) is 12.3. The number of hydrogen-bond acceptors (Lipinski definition) is 4. The van der Waals surface area contributed by atoms with Crippen molar-refractivity contribution in [1.82, 2.24) is 18.4 Å². The van der Waals surface area contributed by atoms with Gasteiger partial charge in [-0.1, -0.05) is 13.8 Å². The summed E-state index contributed by atoms with van der Waals surface area (Å²) in [6.45, 7) is 9.26. The molecule has 144 valence electrons. The highest BCUT2D eigenvalue weighted by Gasteiger charge is 2.21. The number of rotatable bonds is 8. The third kappa shape index (κ3) is 4.24. The van der Waals surface area contributed by atoms with Crippen molar-refractivity contribution in [3.8, 4) is 0 Å². The Morgan fingerprint density at radius 3 is 2.50 bits per heavy atom. The van der Waals surface area contributed by atoms with Crippen LogP contribution in [0.3, 0.4) is 0 Å². The van der Waals surface area contributed by atoms with Crippen LogP contribution < -0.4 is 0 Å². The molecule has 0 unspecified atom stereocenters. The zero-order valence-electron chi connectivity index (χ0n) is 16.4. The van der Waals surface area contributed by atoms with Crippen LogP contribution in [0.25, 0.3) is 0 Å². The smallest absolute Gasteiger partial charge is 0.261 e. The van der Waals surface area contributed by atoms with Gasteiger partial charge in [0.15, 0.2) is 10.8 Å². The summed E-state index contributed by atoms with van der Waals surface area (Å²) in [4.78, 5) is 16.6. The van der Waals surface area contributed by atoms with Gasteiger partial charge in [-0.25, -0.2) is 17.7 Å². The second-order valence-corrected chi connectivity index (χ2v) is 9.31. The number of aromatic nitrogens is 3. The van der Waals surface area contributed by atoms with Gasteiger partial charge in [0, 0.05) is 43.8 Å². The Bertz CT molecular complexity index is 892. The lowest BCUT2D eigenvalue weighted by atomic mass is 10.1. The Morgan fingerprint density at radius 1 is 1.27 bits per heavy atom. The number of hydrogen-bond donors (Lipinski definition) is 0. The molecule has 0 atom stereocenters. The summed E-state index contributed by atoms with van der Waals surface area (Å²) < 4.78 is 29.0. The topological polar surface area (TPSA) is 77.2 Å². The van der Waals surface area contributed by atoms with Crippen molar-refractivity contribution < 1.29 is 13.2 Å². The maximum Gasteiger partial charge on any atom is 0.261 e. The third-order valence-corrected chi connectivity index (χ3v) is 6.19. The molecule has 0 saturated heterocycles. The Labute approximate surface area is 155 Å². The van der Waals surface area contributed by atoms with E-state index in [1.54, 1.807) is 0 Å². The molecule has 0 aromatic carbocycles. The van der Waals surface area contributed by atoms with Crippen LogP contribution in [-0.2, 0) is 23.1 Å². The predicted octanol–water partition coefficient (Wildman–Crippen LogP) is 2.48. The molecule has 0 aliphatic rings. The van der Waals surface area contributed by atoms with Gasteiger partial charge in [0.25, 0.3) is 10.0 Å². The standard InChI is InChI=1S/C18H28N4O3S/c1-13(2)7-8-22-14(3)9-16(15(22)4)17(23)10-21-11-18(19-12-21)26(24,25)20(5)6/h9,11-13H,7-8,10H2,1-6H3. The Hall–Kier alpha value is -1.93. The van der Waals surface area contributed by atoms with Crippen LogP contribution in [-0.4, -0.2) is 46.7 Å². The molecule has 0 bridgehead atoms. The van der Waals surface area contributed by atoms with E-state index in [0.29, 0.717) is 11.5 Å². The molecule has 2 aromatic rings.